The van der Waals surface area contributed by atoms with Gasteiger partial charge in [-0.2, -0.15) is 16.7 Å². The van der Waals surface area contributed by atoms with E-state index in [0.717, 1.165) is 17.7 Å². The van der Waals surface area contributed by atoms with Crippen molar-refractivity contribution in [2.75, 3.05) is 24.6 Å². The molecule has 5 rings (SSSR count). The normalized spacial score (nSPS) is 13.6. The molecular formula is C27H28N4O2S. The molecule has 6 nitrogen and oxygen atoms in total. The number of rotatable bonds is 6. The number of amides is 1. The molecule has 0 atom stereocenters. The summed E-state index contributed by atoms with van der Waals surface area (Å²) in [7, 11) is 0. The fraction of sp³-hybridized carbons (Fsp3) is 0.222. The van der Waals surface area contributed by atoms with Crippen molar-refractivity contribution in [3.8, 4) is 22.5 Å². The van der Waals surface area contributed by atoms with Crippen LogP contribution in [-0.2, 0) is 17.8 Å². The van der Waals surface area contributed by atoms with Crippen LogP contribution in [0.25, 0.3) is 22.5 Å². The van der Waals surface area contributed by atoms with Gasteiger partial charge >= 0.3 is 0 Å². The average molecular weight is 473 g/mol. The van der Waals surface area contributed by atoms with E-state index in [1.54, 1.807) is 0 Å². The first-order chi connectivity index (χ1) is 16.7. The van der Waals surface area contributed by atoms with Gasteiger partial charge in [0.1, 0.15) is 0 Å². The number of hydrogen-bond donors (Lipinski definition) is 1. The molecular weight excluding hydrogens is 444 g/mol. The van der Waals surface area contributed by atoms with Gasteiger partial charge in [-0.15, -0.1) is 0 Å². The number of aromatic nitrogens is 2. The topological polar surface area (TPSA) is 85.3 Å². The first-order valence-corrected chi connectivity index (χ1v) is 12.4. The Hall–Kier alpha value is -3.42. The summed E-state index contributed by atoms with van der Waals surface area (Å²) in [6, 6.07) is 27.5. The second kappa shape index (κ2) is 12.2. The molecule has 1 saturated heterocycles. The highest BCUT2D eigenvalue weighted by Gasteiger charge is 2.12. The summed E-state index contributed by atoms with van der Waals surface area (Å²) in [5.74, 6) is 3.75. The van der Waals surface area contributed by atoms with Crippen LogP contribution in [0.15, 0.2) is 83.4 Å². The van der Waals surface area contributed by atoms with E-state index in [1.807, 2.05) is 18.2 Å². The quantitative estimate of drug-likeness (QED) is 0.411. The maximum Gasteiger partial charge on any atom is 0.231 e. The maximum atomic E-state index is 8.58. The van der Waals surface area contributed by atoms with E-state index < -0.39 is 0 Å². The van der Waals surface area contributed by atoms with Crippen LogP contribution in [0.3, 0.4) is 0 Å². The van der Waals surface area contributed by atoms with E-state index in [-0.39, 0.29) is 6.41 Å². The second-order valence-corrected chi connectivity index (χ2v) is 9.20. The Morgan fingerprint density at radius 1 is 0.882 bits per heavy atom. The van der Waals surface area contributed by atoms with Gasteiger partial charge < -0.3 is 10.3 Å². The molecule has 0 saturated carbocycles. The van der Waals surface area contributed by atoms with Crippen LogP contribution in [0.4, 0.5) is 0 Å². The van der Waals surface area contributed by atoms with Crippen molar-refractivity contribution in [2.45, 2.75) is 13.0 Å². The zero-order chi connectivity index (χ0) is 23.6. The third-order valence-corrected chi connectivity index (χ3v) is 6.52. The summed E-state index contributed by atoms with van der Waals surface area (Å²) in [5.41, 5.74) is 10.1. The van der Waals surface area contributed by atoms with Crippen LogP contribution in [0.1, 0.15) is 17.0 Å². The molecule has 1 aliphatic rings. The highest BCUT2D eigenvalue weighted by Crippen LogP contribution is 2.25. The lowest BCUT2D eigenvalue weighted by molar-refractivity contribution is -0.106. The predicted octanol–water partition coefficient (Wildman–Crippen LogP) is 4.64. The average Bonchev–Trinajstić information content (AvgIpc) is 3.34. The van der Waals surface area contributed by atoms with Crippen molar-refractivity contribution in [1.82, 2.24) is 15.0 Å². The van der Waals surface area contributed by atoms with Crippen LogP contribution >= 0.6 is 11.8 Å². The smallest absolute Gasteiger partial charge is 0.231 e. The fourth-order valence-corrected chi connectivity index (χ4v) is 4.87. The fourth-order valence-electron chi connectivity index (χ4n) is 3.89. The van der Waals surface area contributed by atoms with Gasteiger partial charge in [-0.25, -0.2) is 0 Å². The number of primary amides is 1. The molecule has 7 heteroatoms. The summed E-state index contributed by atoms with van der Waals surface area (Å²) in [6.07, 6.45) is 0.897. The lowest BCUT2D eigenvalue weighted by Crippen LogP contribution is -2.31. The van der Waals surface area contributed by atoms with Crippen LogP contribution in [0.2, 0.25) is 0 Å². The Morgan fingerprint density at radius 2 is 1.56 bits per heavy atom. The first-order valence-electron chi connectivity index (χ1n) is 11.3. The SMILES string of the molecule is NC=O.c1ccc(Cc2nc(-c3ccc(-c4cccc(CN5CCSCC5)c4)cc3)no2)cc1. The Morgan fingerprint density at radius 3 is 2.29 bits per heavy atom. The van der Waals surface area contributed by atoms with Crippen LogP contribution in [-0.4, -0.2) is 46.0 Å². The molecule has 1 aromatic heterocycles. The van der Waals surface area contributed by atoms with E-state index >= 15 is 0 Å². The van der Waals surface area contributed by atoms with E-state index in [1.165, 1.54) is 41.3 Å². The molecule has 0 bridgehead atoms. The third-order valence-electron chi connectivity index (χ3n) is 5.58. The molecule has 0 radical (unpaired) electrons. The van der Waals surface area contributed by atoms with Crippen LogP contribution in [0, 0.1) is 0 Å². The number of carbonyl (C=O) groups excluding carboxylic acids is 1. The molecule has 2 heterocycles. The van der Waals surface area contributed by atoms with Gasteiger partial charge in [0.15, 0.2) is 0 Å². The molecule has 1 amide bonds. The molecule has 34 heavy (non-hydrogen) atoms. The molecule has 0 spiro atoms. The Balaban J connectivity index is 0.000000868. The van der Waals surface area contributed by atoms with Crippen molar-refractivity contribution in [3.05, 3.63) is 95.9 Å². The van der Waals surface area contributed by atoms with E-state index in [9.17, 15) is 0 Å². The predicted molar refractivity (Wildman–Crippen MR) is 137 cm³/mol. The number of nitrogens with zero attached hydrogens (tertiary/aromatic N) is 3. The number of nitrogens with two attached hydrogens (primary N) is 1. The number of carbonyl (C=O) groups is 1. The Kier molecular flexibility index (Phi) is 8.48. The first kappa shape index (κ1) is 23.7. The zero-order valence-electron chi connectivity index (χ0n) is 19.0. The molecule has 3 aromatic carbocycles. The molecule has 2 N–H and O–H groups in total. The number of benzene rings is 3. The standard InChI is InChI=1S/C26H25N3OS.CH3NO/c1-2-5-20(6-3-1)18-25-27-26(28-30-25)23-11-9-22(10-12-23)24-8-4-7-21(17-24)19-29-13-15-31-16-14-29;2-1-3/h1-12,17H,13-16,18-19H2;1H,(H2,2,3). The van der Waals surface area contributed by atoms with Crippen LogP contribution < -0.4 is 5.73 Å². The number of thioether (sulfide) groups is 1. The molecule has 1 aliphatic heterocycles. The summed E-state index contributed by atoms with van der Waals surface area (Å²) < 4.78 is 5.46. The molecule has 1 fully saturated rings. The second-order valence-electron chi connectivity index (χ2n) is 7.98. The van der Waals surface area contributed by atoms with E-state index in [4.69, 9.17) is 9.32 Å². The van der Waals surface area contributed by atoms with Crippen molar-refractivity contribution in [1.29, 1.82) is 0 Å². The van der Waals surface area contributed by atoms with Crippen molar-refractivity contribution in [3.63, 3.8) is 0 Å². The molecule has 4 aromatic rings. The number of hydrogen-bond acceptors (Lipinski definition) is 6. The maximum absolute atomic E-state index is 8.58. The van der Waals surface area contributed by atoms with Gasteiger partial charge in [0.2, 0.25) is 18.1 Å². The zero-order valence-corrected chi connectivity index (χ0v) is 19.8. The highest BCUT2D eigenvalue weighted by atomic mass is 32.2. The highest BCUT2D eigenvalue weighted by molar-refractivity contribution is 7.99. The molecule has 0 aliphatic carbocycles. The summed E-state index contributed by atoms with van der Waals surface area (Å²) in [6.45, 7) is 3.39. The minimum atomic E-state index is 0.250. The van der Waals surface area contributed by atoms with E-state index in [2.05, 4.69) is 93.2 Å². The van der Waals surface area contributed by atoms with Crippen molar-refractivity contribution >= 4 is 18.2 Å². The van der Waals surface area contributed by atoms with Crippen LogP contribution in [0.5, 0.6) is 0 Å². The third kappa shape index (κ3) is 6.56. The van der Waals surface area contributed by atoms with Gasteiger partial charge in [0.25, 0.3) is 0 Å². The summed E-state index contributed by atoms with van der Waals surface area (Å²) >= 11 is 2.05. The van der Waals surface area contributed by atoms with Crippen molar-refractivity contribution < 1.29 is 9.32 Å². The van der Waals surface area contributed by atoms with Gasteiger partial charge in [-0.3, -0.25) is 9.69 Å². The largest absolute Gasteiger partial charge is 0.372 e. The monoisotopic (exact) mass is 472 g/mol. The Labute approximate surface area is 204 Å². The minimum Gasteiger partial charge on any atom is -0.372 e. The van der Waals surface area contributed by atoms with Gasteiger partial charge in [-0.05, 0) is 28.3 Å². The van der Waals surface area contributed by atoms with Gasteiger partial charge in [-0.1, -0.05) is 78.0 Å². The van der Waals surface area contributed by atoms with Gasteiger partial charge in [0.05, 0.1) is 6.42 Å². The lowest BCUT2D eigenvalue weighted by atomic mass is 10.0. The minimum absolute atomic E-state index is 0.250. The summed E-state index contributed by atoms with van der Waals surface area (Å²) in [5, 5.41) is 4.17. The van der Waals surface area contributed by atoms with Gasteiger partial charge in [0, 0.05) is 36.7 Å². The molecule has 0 unspecified atom stereocenters. The Bertz CT molecular complexity index is 1170. The summed E-state index contributed by atoms with van der Waals surface area (Å²) in [4.78, 5) is 15.7. The van der Waals surface area contributed by atoms with E-state index in [0.29, 0.717) is 18.1 Å². The van der Waals surface area contributed by atoms with Crippen molar-refractivity contribution in [2.24, 2.45) is 5.73 Å². The lowest BCUT2D eigenvalue weighted by Gasteiger charge is -2.26. The molecule has 174 valence electrons.